The molecule has 0 saturated heterocycles. The molecule has 0 aliphatic heterocycles. The van der Waals surface area contributed by atoms with Crippen LogP contribution in [0.2, 0.25) is 0 Å². The number of ether oxygens (including phenoxy) is 1. The van der Waals surface area contributed by atoms with E-state index in [1.165, 1.54) is 17.4 Å². The molecule has 0 saturated carbocycles. The number of hydrogen-bond acceptors (Lipinski definition) is 4. The van der Waals surface area contributed by atoms with Gasteiger partial charge < -0.3 is 10.1 Å². The van der Waals surface area contributed by atoms with E-state index in [-0.39, 0.29) is 11.4 Å². The Bertz CT molecular complexity index is 879. The van der Waals surface area contributed by atoms with E-state index in [9.17, 15) is 13.6 Å². The van der Waals surface area contributed by atoms with Gasteiger partial charge in [-0.1, -0.05) is 0 Å². The predicted octanol–water partition coefficient (Wildman–Crippen LogP) is 4.35. The molecule has 1 amide bonds. The molecule has 122 valence electrons. The number of amides is 1. The molecule has 0 spiro atoms. The Kier molecular flexibility index (Phi) is 4.52. The number of thiazole rings is 1. The van der Waals surface area contributed by atoms with E-state index in [4.69, 9.17) is 4.74 Å². The van der Waals surface area contributed by atoms with Crippen LogP contribution in [0.4, 0.5) is 14.5 Å². The monoisotopic (exact) mass is 346 g/mol. The fraction of sp³-hybridized carbons (Fsp3) is 0.0588. The minimum absolute atomic E-state index is 0.0969. The zero-order valence-electron chi connectivity index (χ0n) is 12.5. The maximum Gasteiger partial charge on any atom is 0.275 e. The van der Waals surface area contributed by atoms with E-state index >= 15 is 0 Å². The highest BCUT2D eigenvalue weighted by atomic mass is 32.1. The van der Waals surface area contributed by atoms with Gasteiger partial charge in [0.25, 0.3) is 5.91 Å². The van der Waals surface area contributed by atoms with Gasteiger partial charge >= 0.3 is 0 Å². The summed E-state index contributed by atoms with van der Waals surface area (Å²) in [7, 11) is 1.58. The fourth-order valence-corrected chi connectivity index (χ4v) is 2.83. The van der Waals surface area contributed by atoms with Crippen molar-refractivity contribution >= 4 is 22.9 Å². The topological polar surface area (TPSA) is 51.2 Å². The average molecular weight is 346 g/mol. The molecule has 4 nitrogen and oxygen atoms in total. The second-order valence-corrected chi connectivity index (χ2v) is 5.70. The zero-order valence-corrected chi connectivity index (χ0v) is 13.4. The van der Waals surface area contributed by atoms with Crippen molar-refractivity contribution in [1.82, 2.24) is 4.98 Å². The Morgan fingerprint density at radius 2 is 1.92 bits per heavy atom. The third kappa shape index (κ3) is 3.41. The van der Waals surface area contributed by atoms with Gasteiger partial charge in [-0.05, 0) is 36.4 Å². The number of carbonyl (C=O) groups is 1. The highest BCUT2D eigenvalue weighted by Gasteiger charge is 2.14. The van der Waals surface area contributed by atoms with Crippen LogP contribution in [0.3, 0.4) is 0 Å². The van der Waals surface area contributed by atoms with Crippen LogP contribution in [0.25, 0.3) is 10.6 Å². The smallest absolute Gasteiger partial charge is 0.275 e. The minimum atomic E-state index is -0.839. The van der Waals surface area contributed by atoms with Crippen LogP contribution in [0.15, 0.2) is 47.8 Å². The maximum atomic E-state index is 13.6. The van der Waals surface area contributed by atoms with Crippen molar-refractivity contribution in [3.8, 4) is 16.3 Å². The highest BCUT2D eigenvalue weighted by molar-refractivity contribution is 7.13. The first-order valence-electron chi connectivity index (χ1n) is 6.93. The van der Waals surface area contributed by atoms with Gasteiger partial charge in [0.05, 0.1) is 12.8 Å². The number of methoxy groups -OCH3 is 1. The number of rotatable bonds is 4. The van der Waals surface area contributed by atoms with E-state index in [0.29, 0.717) is 11.1 Å². The van der Waals surface area contributed by atoms with E-state index in [2.05, 4.69) is 10.3 Å². The van der Waals surface area contributed by atoms with E-state index in [1.807, 2.05) is 12.1 Å². The molecular formula is C17H12F2N2O2S. The van der Waals surface area contributed by atoms with Crippen LogP contribution in [0.1, 0.15) is 10.5 Å². The lowest BCUT2D eigenvalue weighted by molar-refractivity contribution is 0.102. The largest absolute Gasteiger partial charge is 0.497 e. The Balaban J connectivity index is 1.77. The number of nitrogens with zero attached hydrogens (tertiary/aromatic N) is 1. The van der Waals surface area contributed by atoms with Crippen molar-refractivity contribution < 1.29 is 18.3 Å². The molecule has 0 radical (unpaired) electrons. The van der Waals surface area contributed by atoms with Crippen molar-refractivity contribution in [2.75, 3.05) is 12.4 Å². The van der Waals surface area contributed by atoms with E-state index in [1.54, 1.807) is 24.6 Å². The molecule has 0 unspecified atom stereocenters. The quantitative estimate of drug-likeness (QED) is 0.764. The lowest BCUT2D eigenvalue weighted by Crippen LogP contribution is -2.13. The number of aromatic nitrogens is 1. The van der Waals surface area contributed by atoms with Gasteiger partial charge in [0.15, 0.2) is 0 Å². The van der Waals surface area contributed by atoms with Crippen molar-refractivity contribution in [2.24, 2.45) is 0 Å². The highest BCUT2D eigenvalue weighted by Crippen LogP contribution is 2.26. The first kappa shape index (κ1) is 16.1. The second-order valence-electron chi connectivity index (χ2n) is 4.84. The molecule has 1 aromatic heterocycles. The van der Waals surface area contributed by atoms with Crippen molar-refractivity contribution in [3.63, 3.8) is 0 Å². The van der Waals surface area contributed by atoms with Crippen LogP contribution >= 0.6 is 11.3 Å². The van der Waals surface area contributed by atoms with Crippen LogP contribution in [-0.2, 0) is 0 Å². The number of carbonyl (C=O) groups excluding carboxylic acids is 1. The molecule has 24 heavy (non-hydrogen) atoms. The lowest BCUT2D eigenvalue weighted by Gasteiger charge is -2.04. The van der Waals surface area contributed by atoms with Crippen LogP contribution < -0.4 is 10.1 Å². The Labute approximate surface area is 140 Å². The predicted molar refractivity (Wildman–Crippen MR) is 88.4 cm³/mol. The molecule has 0 aliphatic rings. The van der Waals surface area contributed by atoms with Crippen LogP contribution in [-0.4, -0.2) is 18.0 Å². The minimum Gasteiger partial charge on any atom is -0.497 e. The maximum absolute atomic E-state index is 13.6. The van der Waals surface area contributed by atoms with E-state index in [0.717, 1.165) is 17.4 Å². The van der Waals surface area contributed by atoms with Gasteiger partial charge in [0.1, 0.15) is 28.1 Å². The number of benzene rings is 2. The van der Waals surface area contributed by atoms with Gasteiger partial charge in [-0.2, -0.15) is 0 Å². The third-order valence-corrected chi connectivity index (χ3v) is 4.14. The number of hydrogen-bond donors (Lipinski definition) is 1. The average Bonchev–Trinajstić information content (AvgIpc) is 3.07. The summed E-state index contributed by atoms with van der Waals surface area (Å²) in [6.45, 7) is 0. The standard InChI is InChI=1S/C17H12F2N2O2S/c1-23-12-5-2-10(3-6-12)17-21-15(9-24-17)16(22)20-14-7-4-11(18)8-13(14)19/h2-9H,1H3,(H,20,22). The van der Waals surface area contributed by atoms with Crippen LogP contribution in [0, 0.1) is 11.6 Å². The van der Waals surface area contributed by atoms with Crippen molar-refractivity contribution in [1.29, 1.82) is 0 Å². The Morgan fingerprint density at radius 3 is 2.58 bits per heavy atom. The normalized spacial score (nSPS) is 10.5. The summed E-state index contributed by atoms with van der Waals surface area (Å²) in [5.41, 5.74) is 0.905. The van der Waals surface area contributed by atoms with Crippen LogP contribution in [0.5, 0.6) is 5.75 Å². The number of anilines is 1. The molecule has 1 heterocycles. The Hall–Kier alpha value is -2.80. The zero-order chi connectivity index (χ0) is 17.1. The molecule has 0 atom stereocenters. The third-order valence-electron chi connectivity index (χ3n) is 3.25. The molecule has 3 aromatic rings. The lowest BCUT2D eigenvalue weighted by atomic mass is 10.2. The molecule has 1 N–H and O–H groups in total. The SMILES string of the molecule is COc1ccc(-c2nc(C(=O)Nc3ccc(F)cc3F)cs2)cc1. The van der Waals surface area contributed by atoms with Gasteiger partial charge in [-0.25, -0.2) is 13.8 Å². The summed E-state index contributed by atoms with van der Waals surface area (Å²) in [6, 6.07) is 10.2. The summed E-state index contributed by atoms with van der Waals surface area (Å²) in [5, 5.41) is 4.61. The fourth-order valence-electron chi connectivity index (χ4n) is 2.02. The number of nitrogens with one attached hydrogen (secondary N) is 1. The summed E-state index contributed by atoms with van der Waals surface area (Å²) < 4.78 is 31.6. The van der Waals surface area contributed by atoms with Gasteiger partial charge in [-0.15, -0.1) is 11.3 Å². The molecule has 0 bridgehead atoms. The summed E-state index contributed by atoms with van der Waals surface area (Å²) >= 11 is 1.30. The number of halogens is 2. The molecule has 0 aliphatic carbocycles. The van der Waals surface area contributed by atoms with Gasteiger partial charge in [0, 0.05) is 17.0 Å². The van der Waals surface area contributed by atoms with Crippen molar-refractivity contribution in [2.45, 2.75) is 0 Å². The summed E-state index contributed by atoms with van der Waals surface area (Å²) in [4.78, 5) is 16.4. The molecule has 0 fully saturated rings. The second kappa shape index (κ2) is 6.76. The molecule has 2 aromatic carbocycles. The van der Waals surface area contributed by atoms with E-state index < -0.39 is 17.5 Å². The summed E-state index contributed by atoms with van der Waals surface area (Å²) in [6.07, 6.45) is 0. The first-order chi connectivity index (χ1) is 11.6. The van der Waals surface area contributed by atoms with Gasteiger partial charge in [-0.3, -0.25) is 4.79 Å². The molecular weight excluding hydrogens is 334 g/mol. The van der Waals surface area contributed by atoms with Gasteiger partial charge in [0.2, 0.25) is 0 Å². The van der Waals surface area contributed by atoms with Crippen molar-refractivity contribution in [3.05, 3.63) is 65.2 Å². The molecule has 7 heteroatoms. The first-order valence-corrected chi connectivity index (χ1v) is 7.81. The summed E-state index contributed by atoms with van der Waals surface area (Å²) in [5.74, 6) is -1.38. The Morgan fingerprint density at radius 1 is 1.17 bits per heavy atom. The molecule has 3 rings (SSSR count).